The lowest BCUT2D eigenvalue weighted by molar-refractivity contribution is 0.143. The predicted molar refractivity (Wildman–Crippen MR) is 125 cm³/mol. The van der Waals surface area contributed by atoms with Gasteiger partial charge in [-0.25, -0.2) is 19.3 Å². The first kappa shape index (κ1) is 22.9. The van der Waals surface area contributed by atoms with Crippen LogP contribution in [-0.4, -0.2) is 65.4 Å². The first-order valence-corrected chi connectivity index (χ1v) is 12.8. The monoisotopic (exact) mass is 494 g/mol. The predicted octanol–water partition coefficient (Wildman–Crippen LogP) is 3.02. The van der Waals surface area contributed by atoms with Crippen molar-refractivity contribution in [1.29, 1.82) is 0 Å². The number of anilines is 2. The second-order valence-corrected chi connectivity index (χ2v) is 12.4. The Bertz CT molecular complexity index is 1080. The SMILES string of the molecule is CC1(C)Cc2nc(N3CCC(c4ncc(Cl)cn4)C(F)C3)nc(NC3(CO)CCC3)c2[S@]1=O. The highest BCUT2D eigenvalue weighted by Crippen LogP contribution is 2.43. The number of rotatable bonds is 5. The number of hydrogen-bond donors (Lipinski definition) is 2. The molecule has 2 fully saturated rings. The van der Waals surface area contributed by atoms with Crippen molar-refractivity contribution in [3.05, 3.63) is 28.9 Å². The average Bonchev–Trinajstić information content (AvgIpc) is 2.99. The van der Waals surface area contributed by atoms with Crippen LogP contribution in [0.25, 0.3) is 0 Å². The zero-order chi connectivity index (χ0) is 23.4. The molecule has 1 saturated heterocycles. The Morgan fingerprint density at radius 2 is 2.03 bits per heavy atom. The van der Waals surface area contributed by atoms with Crippen molar-refractivity contribution in [1.82, 2.24) is 19.9 Å². The summed E-state index contributed by atoms with van der Waals surface area (Å²) in [6.45, 7) is 4.55. The molecule has 0 spiro atoms. The summed E-state index contributed by atoms with van der Waals surface area (Å²) in [4.78, 5) is 20.3. The Hall–Kier alpha value is -1.91. The lowest BCUT2D eigenvalue weighted by atomic mass is 9.77. The van der Waals surface area contributed by atoms with Crippen LogP contribution in [0.1, 0.15) is 57.0 Å². The first-order valence-electron chi connectivity index (χ1n) is 11.3. The van der Waals surface area contributed by atoms with E-state index in [2.05, 4.69) is 15.3 Å². The molecule has 178 valence electrons. The number of nitrogens with zero attached hydrogens (tertiary/aromatic N) is 5. The quantitative estimate of drug-likeness (QED) is 0.653. The van der Waals surface area contributed by atoms with Crippen molar-refractivity contribution in [2.75, 3.05) is 29.9 Å². The van der Waals surface area contributed by atoms with E-state index in [1.807, 2.05) is 18.7 Å². The van der Waals surface area contributed by atoms with Gasteiger partial charge in [-0.15, -0.1) is 0 Å². The molecule has 3 atom stereocenters. The lowest BCUT2D eigenvalue weighted by Crippen LogP contribution is -2.49. The minimum Gasteiger partial charge on any atom is -0.394 e. The third-order valence-electron chi connectivity index (χ3n) is 7.00. The van der Waals surface area contributed by atoms with Crippen LogP contribution < -0.4 is 10.2 Å². The molecule has 0 aromatic carbocycles. The van der Waals surface area contributed by atoms with Crippen molar-refractivity contribution < 1.29 is 13.7 Å². The van der Waals surface area contributed by atoms with Crippen molar-refractivity contribution in [2.45, 2.75) is 73.2 Å². The van der Waals surface area contributed by atoms with Crippen molar-refractivity contribution >= 4 is 34.2 Å². The zero-order valence-corrected chi connectivity index (χ0v) is 20.3. The molecule has 0 radical (unpaired) electrons. The fourth-order valence-electron chi connectivity index (χ4n) is 4.84. The minimum atomic E-state index is -1.28. The van der Waals surface area contributed by atoms with E-state index >= 15 is 4.39 Å². The van der Waals surface area contributed by atoms with Crippen molar-refractivity contribution in [3.63, 3.8) is 0 Å². The molecule has 2 unspecified atom stereocenters. The molecular formula is C22H28ClFN6O2S. The number of alkyl halides is 1. The normalized spacial score (nSPS) is 27.7. The van der Waals surface area contributed by atoms with E-state index in [9.17, 15) is 9.32 Å². The smallest absolute Gasteiger partial charge is 0.227 e. The average molecular weight is 495 g/mol. The summed E-state index contributed by atoms with van der Waals surface area (Å²) in [6, 6.07) is 0. The van der Waals surface area contributed by atoms with Gasteiger partial charge >= 0.3 is 0 Å². The zero-order valence-electron chi connectivity index (χ0n) is 18.7. The van der Waals surface area contributed by atoms with Gasteiger partial charge in [0.05, 0.1) is 50.9 Å². The number of fused-ring (bicyclic) bond motifs is 1. The molecule has 2 aromatic heterocycles. The molecule has 33 heavy (non-hydrogen) atoms. The summed E-state index contributed by atoms with van der Waals surface area (Å²) in [5, 5.41) is 13.8. The standard InChI is InChI=1S/C22H28ClFN6O2S/c1-21(2)8-16-17(33(21)32)19(29-22(12-31)5-3-6-22)28-20(27-16)30-7-4-14(15(24)11-30)18-25-9-13(23)10-26-18/h9-10,14-15,31H,3-8,11-12H2,1-2H3,(H,27,28,29)/t14?,15?,33-/m1/s1. The topological polar surface area (TPSA) is 104 Å². The Kier molecular flexibility index (Phi) is 5.81. The summed E-state index contributed by atoms with van der Waals surface area (Å²) in [5.41, 5.74) is 0.287. The van der Waals surface area contributed by atoms with Gasteiger partial charge in [0.2, 0.25) is 5.95 Å². The summed E-state index contributed by atoms with van der Waals surface area (Å²) in [5.74, 6) is 0.975. The second-order valence-electron chi connectivity index (χ2n) is 9.89. The Balaban J connectivity index is 1.44. The van der Waals surface area contributed by atoms with E-state index in [1.54, 1.807) is 0 Å². The van der Waals surface area contributed by atoms with Crippen LogP contribution in [0.4, 0.5) is 16.2 Å². The summed E-state index contributed by atoms with van der Waals surface area (Å²) in [6.07, 6.45) is 5.54. The Morgan fingerprint density at radius 1 is 1.30 bits per heavy atom. The largest absolute Gasteiger partial charge is 0.394 e. The Labute approximate surface area is 199 Å². The lowest BCUT2D eigenvalue weighted by Gasteiger charge is -2.42. The van der Waals surface area contributed by atoms with Crippen molar-refractivity contribution in [2.24, 2.45) is 0 Å². The van der Waals surface area contributed by atoms with E-state index in [0.717, 1.165) is 25.0 Å². The maximum Gasteiger partial charge on any atom is 0.227 e. The summed E-state index contributed by atoms with van der Waals surface area (Å²) >= 11 is 5.87. The molecule has 2 N–H and O–H groups in total. The van der Waals surface area contributed by atoms with E-state index in [0.29, 0.717) is 46.9 Å². The van der Waals surface area contributed by atoms with Gasteiger partial charge in [-0.1, -0.05) is 11.6 Å². The van der Waals surface area contributed by atoms with Gasteiger partial charge < -0.3 is 15.3 Å². The fourth-order valence-corrected chi connectivity index (χ4v) is 6.36. The molecule has 1 saturated carbocycles. The number of nitrogens with one attached hydrogen (secondary N) is 1. The van der Waals surface area contributed by atoms with E-state index < -0.39 is 33.2 Å². The molecule has 0 bridgehead atoms. The molecular weight excluding hydrogens is 467 g/mol. The van der Waals surface area contributed by atoms with Crippen LogP contribution in [0, 0.1) is 0 Å². The van der Waals surface area contributed by atoms with Gasteiger partial charge in [0.15, 0.2) is 0 Å². The van der Waals surface area contributed by atoms with Gasteiger partial charge in [0, 0.05) is 25.4 Å². The van der Waals surface area contributed by atoms with Gasteiger partial charge in [-0.05, 0) is 39.5 Å². The van der Waals surface area contributed by atoms with Crippen molar-refractivity contribution in [3.8, 4) is 0 Å². The highest BCUT2D eigenvalue weighted by molar-refractivity contribution is 7.87. The maximum absolute atomic E-state index is 15.2. The van der Waals surface area contributed by atoms with E-state index in [-0.39, 0.29) is 13.2 Å². The molecule has 2 aliphatic heterocycles. The van der Waals surface area contributed by atoms with Gasteiger partial charge in [0.25, 0.3) is 0 Å². The number of piperidine rings is 1. The Morgan fingerprint density at radius 3 is 2.64 bits per heavy atom. The molecule has 8 nitrogen and oxygen atoms in total. The highest BCUT2D eigenvalue weighted by Gasteiger charge is 2.44. The van der Waals surface area contributed by atoms with Crippen LogP contribution in [0.2, 0.25) is 5.02 Å². The molecule has 5 rings (SSSR count). The molecule has 2 aromatic rings. The second kappa shape index (κ2) is 8.39. The number of aliphatic hydroxyl groups excluding tert-OH is 1. The van der Waals surface area contributed by atoms with Crippen LogP contribution in [-0.2, 0) is 17.2 Å². The van der Waals surface area contributed by atoms with Crippen LogP contribution in [0.15, 0.2) is 17.3 Å². The third-order valence-corrected chi connectivity index (χ3v) is 9.14. The number of halogens is 2. The highest BCUT2D eigenvalue weighted by atomic mass is 35.5. The molecule has 4 heterocycles. The molecule has 11 heteroatoms. The van der Waals surface area contributed by atoms with Gasteiger partial charge in [0.1, 0.15) is 22.7 Å². The van der Waals surface area contributed by atoms with E-state index in [4.69, 9.17) is 21.6 Å². The molecule has 1 aliphatic carbocycles. The number of hydrogen-bond acceptors (Lipinski definition) is 8. The summed E-state index contributed by atoms with van der Waals surface area (Å²) < 4.78 is 28.0. The maximum atomic E-state index is 15.2. The first-order chi connectivity index (χ1) is 15.7. The molecule has 0 amide bonds. The molecule has 3 aliphatic rings. The van der Waals surface area contributed by atoms with Crippen LogP contribution in [0.3, 0.4) is 0 Å². The fraction of sp³-hybridized carbons (Fsp3) is 0.636. The van der Waals surface area contributed by atoms with Gasteiger partial charge in [-0.3, -0.25) is 4.21 Å². The number of aliphatic hydroxyl groups is 1. The number of aromatic nitrogens is 4. The van der Waals surface area contributed by atoms with Crippen LogP contribution >= 0.6 is 11.6 Å². The van der Waals surface area contributed by atoms with Crippen LogP contribution in [0.5, 0.6) is 0 Å². The van der Waals surface area contributed by atoms with E-state index in [1.165, 1.54) is 12.4 Å². The minimum absolute atomic E-state index is 0.0177. The summed E-state index contributed by atoms with van der Waals surface area (Å²) in [7, 11) is -1.28. The van der Waals surface area contributed by atoms with Gasteiger partial charge in [-0.2, -0.15) is 4.98 Å². The third kappa shape index (κ3) is 4.10.